The van der Waals surface area contributed by atoms with Crippen LogP contribution in [0.3, 0.4) is 0 Å². The molecular weight excluding hydrogens is 305 g/mol. The first-order valence-electron chi connectivity index (χ1n) is 5.68. The number of nitrogens with zero attached hydrogens (tertiary/aromatic N) is 2. The first-order valence-corrected chi connectivity index (χ1v) is 7.26. The number of aromatic nitrogens is 2. The van der Waals surface area contributed by atoms with Gasteiger partial charge in [-0.2, -0.15) is 0 Å². The van der Waals surface area contributed by atoms with Gasteiger partial charge < -0.3 is 10.1 Å². The van der Waals surface area contributed by atoms with Gasteiger partial charge in [0, 0.05) is 6.07 Å². The fourth-order valence-electron chi connectivity index (χ4n) is 1.43. The van der Waals surface area contributed by atoms with E-state index < -0.39 is 0 Å². The molecule has 0 bridgehead atoms. The molecule has 0 fully saturated rings. The van der Waals surface area contributed by atoms with E-state index in [4.69, 9.17) is 27.9 Å². The zero-order chi connectivity index (χ0) is 14.0. The van der Waals surface area contributed by atoms with E-state index in [9.17, 15) is 0 Å². The van der Waals surface area contributed by atoms with Gasteiger partial charge in [0.05, 0.1) is 21.8 Å². The average Bonchev–Trinajstić information content (AvgIpc) is 2.70. The second-order valence-corrected chi connectivity index (χ2v) is 6.18. The summed E-state index contributed by atoms with van der Waals surface area (Å²) in [5, 5.41) is 13.6. The van der Waals surface area contributed by atoms with Crippen molar-refractivity contribution in [1.29, 1.82) is 0 Å². The Morgan fingerprint density at radius 1 is 1.21 bits per heavy atom. The highest BCUT2D eigenvalue weighted by molar-refractivity contribution is 7.15. The Balaban J connectivity index is 2.29. The molecule has 7 heteroatoms. The van der Waals surface area contributed by atoms with Crippen LogP contribution in [0.1, 0.15) is 18.9 Å². The van der Waals surface area contributed by atoms with Crippen molar-refractivity contribution in [3.05, 3.63) is 27.2 Å². The Hall–Kier alpha value is -1.04. The van der Waals surface area contributed by atoms with Crippen molar-refractivity contribution in [2.24, 2.45) is 0 Å². The molecule has 1 aromatic carbocycles. The number of hydrogen-bond acceptors (Lipinski definition) is 5. The van der Waals surface area contributed by atoms with Crippen molar-refractivity contribution in [3.63, 3.8) is 0 Å². The minimum Gasteiger partial charge on any atom is -0.489 e. The van der Waals surface area contributed by atoms with Crippen LogP contribution in [0.4, 0.5) is 10.8 Å². The van der Waals surface area contributed by atoms with Crippen LogP contribution in [-0.4, -0.2) is 16.3 Å². The fraction of sp³-hybridized carbons (Fsp3) is 0.333. The SMILES string of the molecule is Cc1nnc(Nc2cc(OC(C)C)c(Cl)cc2Cl)s1. The number of nitrogens with one attached hydrogen (secondary N) is 1. The summed E-state index contributed by atoms with van der Waals surface area (Å²) in [6, 6.07) is 3.42. The first kappa shape index (κ1) is 14.4. The molecule has 0 amide bonds. The lowest BCUT2D eigenvalue weighted by Crippen LogP contribution is -2.06. The molecule has 0 spiro atoms. The standard InChI is InChI=1S/C12H13Cl2N3OS/c1-6(2)18-11-5-10(8(13)4-9(11)14)15-12-17-16-7(3)19-12/h4-6H,1-3H3,(H,15,17). The molecule has 0 aliphatic rings. The Morgan fingerprint density at radius 3 is 2.53 bits per heavy atom. The fourth-order valence-corrected chi connectivity index (χ4v) is 2.51. The van der Waals surface area contributed by atoms with E-state index in [0.717, 1.165) is 5.01 Å². The van der Waals surface area contributed by atoms with Crippen LogP contribution in [-0.2, 0) is 0 Å². The highest BCUT2D eigenvalue weighted by Crippen LogP contribution is 2.36. The van der Waals surface area contributed by atoms with Crippen LogP contribution in [0, 0.1) is 6.92 Å². The molecule has 0 aliphatic heterocycles. The molecule has 0 unspecified atom stereocenters. The highest BCUT2D eigenvalue weighted by Gasteiger charge is 2.11. The van der Waals surface area contributed by atoms with Gasteiger partial charge in [-0.3, -0.25) is 0 Å². The van der Waals surface area contributed by atoms with Crippen molar-refractivity contribution < 1.29 is 4.74 Å². The van der Waals surface area contributed by atoms with Gasteiger partial charge in [0.2, 0.25) is 5.13 Å². The van der Waals surface area contributed by atoms with Gasteiger partial charge in [-0.05, 0) is 26.8 Å². The number of halogens is 2. The van der Waals surface area contributed by atoms with Crippen LogP contribution in [0.2, 0.25) is 10.0 Å². The van der Waals surface area contributed by atoms with Gasteiger partial charge in [-0.15, -0.1) is 10.2 Å². The molecular formula is C12H13Cl2N3OS. The molecule has 2 rings (SSSR count). The van der Waals surface area contributed by atoms with E-state index in [1.54, 1.807) is 12.1 Å². The van der Waals surface area contributed by atoms with E-state index in [2.05, 4.69) is 15.5 Å². The maximum atomic E-state index is 6.15. The molecule has 0 saturated heterocycles. The lowest BCUT2D eigenvalue weighted by molar-refractivity contribution is 0.242. The highest BCUT2D eigenvalue weighted by atomic mass is 35.5. The average molecular weight is 318 g/mol. The molecule has 1 N–H and O–H groups in total. The zero-order valence-electron chi connectivity index (χ0n) is 10.7. The monoisotopic (exact) mass is 317 g/mol. The quantitative estimate of drug-likeness (QED) is 0.889. The largest absolute Gasteiger partial charge is 0.489 e. The summed E-state index contributed by atoms with van der Waals surface area (Å²) in [7, 11) is 0. The number of ether oxygens (including phenoxy) is 1. The van der Waals surface area contributed by atoms with Gasteiger partial charge in [0.15, 0.2) is 0 Å². The van der Waals surface area contributed by atoms with Gasteiger partial charge in [-0.25, -0.2) is 0 Å². The minimum atomic E-state index is 0.0373. The topological polar surface area (TPSA) is 47.0 Å². The van der Waals surface area contributed by atoms with Crippen molar-refractivity contribution in [2.75, 3.05) is 5.32 Å². The Kier molecular flexibility index (Phi) is 4.50. The number of hydrogen-bond donors (Lipinski definition) is 1. The summed E-state index contributed by atoms with van der Waals surface area (Å²) in [5.41, 5.74) is 0.692. The first-order chi connectivity index (χ1) is 8.95. The number of benzene rings is 1. The predicted molar refractivity (Wildman–Crippen MR) is 80.2 cm³/mol. The lowest BCUT2D eigenvalue weighted by Gasteiger charge is -2.14. The van der Waals surface area contributed by atoms with Crippen LogP contribution in [0.5, 0.6) is 5.75 Å². The maximum Gasteiger partial charge on any atom is 0.210 e. The molecule has 102 valence electrons. The second kappa shape index (κ2) is 5.94. The third-order valence-corrected chi connectivity index (χ3v) is 3.51. The van der Waals surface area contributed by atoms with Gasteiger partial charge in [-0.1, -0.05) is 34.5 Å². The molecule has 1 aromatic heterocycles. The summed E-state index contributed by atoms with van der Waals surface area (Å²) in [6.07, 6.45) is 0.0373. The van der Waals surface area contributed by atoms with E-state index in [1.165, 1.54) is 11.3 Å². The van der Waals surface area contributed by atoms with Crippen LogP contribution in [0.15, 0.2) is 12.1 Å². The summed E-state index contributed by atoms with van der Waals surface area (Å²) < 4.78 is 5.62. The Bertz CT molecular complexity index is 586. The molecule has 0 saturated carbocycles. The minimum absolute atomic E-state index is 0.0373. The van der Waals surface area contributed by atoms with Crippen LogP contribution < -0.4 is 10.1 Å². The van der Waals surface area contributed by atoms with Crippen molar-refractivity contribution in [3.8, 4) is 5.75 Å². The van der Waals surface area contributed by atoms with Gasteiger partial charge >= 0.3 is 0 Å². The zero-order valence-corrected chi connectivity index (χ0v) is 13.0. The molecule has 0 aliphatic carbocycles. The van der Waals surface area contributed by atoms with Gasteiger partial charge in [0.1, 0.15) is 10.8 Å². The predicted octanol–water partition coefficient (Wildman–Crippen LogP) is 4.68. The smallest absolute Gasteiger partial charge is 0.210 e. The summed E-state index contributed by atoms with van der Waals surface area (Å²) >= 11 is 13.7. The third kappa shape index (κ3) is 3.72. The molecule has 1 heterocycles. The molecule has 0 atom stereocenters. The molecule has 2 aromatic rings. The van der Waals surface area contributed by atoms with E-state index in [0.29, 0.717) is 26.6 Å². The second-order valence-electron chi connectivity index (χ2n) is 4.18. The Morgan fingerprint density at radius 2 is 1.95 bits per heavy atom. The van der Waals surface area contributed by atoms with E-state index in [1.807, 2.05) is 20.8 Å². The van der Waals surface area contributed by atoms with Crippen LogP contribution in [0.25, 0.3) is 0 Å². The number of anilines is 2. The molecule has 19 heavy (non-hydrogen) atoms. The van der Waals surface area contributed by atoms with Crippen molar-refractivity contribution in [1.82, 2.24) is 10.2 Å². The van der Waals surface area contributed by atoms with E-state index in [-0.39, 0.29) is 6.10 Å². The van der Waals surface area contributed by atoms with Gasteiger partial charge in [0.25, 0.3) is 0 Å². The van der Waals surface area contributed by atoms with Crippen molar-refractivity contribution >= 4 is 45.4 Å². The molecule has 0 radical (unpaired) electrons. The Labute approximate surface area is 125 Å². The maximum absolute atomic E-state index is 6.15. The van der Waals surface area contributed by atoms with Crippen molar-refractivity contribution in [2.45, 2.75) is 26.9 Å². The molecule has 4 nitrogen and oxygen atoms in total. The van der Waals surface area contributed by atoms with E-state index >= 15 is 0 Å². The lowest BCUT2D eigenvalue weighted by atomic mass is 10.3. The summed E-state index contributed by atoms with van der Waals surface area (Å²) in [6.45, 7) is 5.76. The summed E-state index contributed by atoms with van der Waals surface area (Å²) in [5.74, 6) is 0.588. The third-order valence-electron chi connectivity index (χ3n) is 2.15. The summed E-state index contributed by atoms with van der Waals surface area (Å²) in [4.78, 5) is 0. The van der Waals surface area contributed by atoms with Crippen LogP contribution >= 0.6 is 34.5 Å². The normalized spacial score (nSPS) is 10.8. The number of rotatable bonds is 4. The number of aryl methyl sites for hydroxylation is 1.